The highest BCUT2D eigenvalue weighted by atomic mass is 16.5. The molecule has 0 bridgehead atoms. The zero-order valence-corrected chi connectivity index (χ0v) is 8.84. The first-order chi connectivity index (χ1) is 6.79. The number of carbonyl (C=O) groups is 1. The molecule has 80 valence electrons. The number of ether oxygens (including phenoxy) is 1. The van der Waals surface area contributed by atoms with E-state index in [9.17, 15) is 4.79 Å². The van der Waals surface area contributed by atoms with Crippen LogP contribution in [0.15, 0.2) is 0 Å². The number of hydrogen-bond donors (Lipinski definition) is 1. The zero-order chi connectivity index (χ0) is 10.0. The maximum atomic E-state index is 11.9. The van der Waals surface area contributed by atoms with E-state index < -0.39 is 0 Å². The van der Waals surface area contributed by atoms with Crippen LogP contribution in [-0.4, -0.2) is 26.2 Å². The highest BCUT2D eigenvalue weighted by Crippen LogP contribution is 2.45. The highest BCUT2D eigenvalue weighted by Gasteiger charge is 2.48. The van der Waals surface area contributed by atoms with Gasteiger partial charge in [0.05, 0.1) is 12.5 Å². The third-order valence-electron chi connectivity index (χ3n) is 3.91. The molecule has 1 saturated heterocycles. The van der Waals surface area contributed by atoms with E-state index >= 15 is 0 Å². The quantitative estimate of drug-likeness (QED) is 0.644. The summed E-state index contributed by atoms with van der Waals surface area (Å²) < 4.78 is 4.97. The van der Waals surface area contributed by atoms with E-state index in [0.29, 0.717) is 5.92 Å². The average molecular weight is 197 g/mol. The fourth-order valence-electron chi connectivity index (χ4n) is 3.10. The van der Waals surface area contributed by atoms with Crippen molar-refractivity contribution in [1.82, 2.24) is 5.32 Å². The molecule has 0 aromatic heterocycles. The molecule has 1 saturated carbocycles. The molecule has 2 fully saturated rings. The second kappa shape index (κ2) is 3.89. The molecule has 0 aromatic carbocycles. The lowest BCUT2D eigenvalue weighted by Gasteiger charge is -2.45. The molecular weight excluding hydrogens is 178 g/mol. The Morgan fingerprint density at radius 2 is 2.29 bits per heavy atom. The maximum Gasteiger partial charge on any atom is 0.313 e. The molecule has 2 unspecified atom stereocenters. The Balaban J connectivity index is 2.20. The van der Waals surface area contributed by atoms with Crippen molar-refractivity contribution in [3.8, 4) is 0 Å². The molecule has 14 heavy (non-hydrogen) atoms. The van der Waals surface area contributed by atoms with Crippen molar-refractivity contribution in [1.29, 1.82) is 0 Å². The first kappa shape index (κ1) is 9.97. The van der Waals surface area contributed by atoms with Gasteiger partial charge < -0.3 is 10.1 Å². The van der Waals surface area contributed by atoms with Crippen LogP contribution < -0.4 is 5.32 Å². The van der Waals surface area contributed by atoms with Gasteiger partial charge in [-0.3, -0.25) is 4.79 Å². The first-order valence-corrected chi connectivity index (χ1v) is 5.59. The molecule has 3 nitrogen and oxygen atoms in total. The van der Waals surface area contributed by atoms with Crippen LogP contribution in [0.1, 0.15) is 32.1 Å². The van der Waals surface area contributed by atoms with Gasteiger partial charge in [-0.1, -0.05) is 12.8 Å². The molecule has 1 N–H and O–H groups in total. The number of nitrogens with one attached hydrogen (secondary N) is 1. The molecule has 1 heterocycles. The van der Waals surface area contributed by atoms with Crippen LogP contribution in [0.5, 0.6) is 0 Å². The number of carbonyl (C=O) groups excluding carboxylic acids is 1. The van der Waals surface area contributed by atoms with Gasteiger partial charge in [-0.25, -0.2) is 0 Å². The summed E-state index contributed by atoms with van der Waals surface area (Å²) in [5, 5.41) is 3.34. The Morgan fingerprint density at radius 1 is 1.43 bits per heavy atom. The van der Waals surface area contributed by atoms with Crippen molar-refractivity contribution < 1.29 is 9.53 Å². The van der Waals surface area contributed by atoms with Crippen LogP contribution in [-0.2, 0) is 9.53 Å². The second-order valence-corrected chi connectivity index (χ2v) is 4.56. The van der Waals surface area contributed by atoms with Gasteiger partial charge >= 0.3 is 5.97 Å². The van der Waals surface area contributed by atoms with Crippen molar-refractivity contribution in [3.05, 3.63) is 0 Å². The van der Waals surface area contributed by atoms with Crippen molar-refractivity contribution in [2.75, 3.05) is 20.2 Å². The molecule has 0 spiro atoms. The maximum absolute atomic E-state index is 11.9. The number of rotatable bonds is 1. The van der Waals surface area contributed by atoms with Gasteiger partial charge in [-0.05, 0) is 31.7 Å². The Labute approximate surface area is 85.2 Å². The van der Waals surface area contributed by atoms with E-state index in [1.165, 1.54) is 26.4 Å². The van der Waals surface area contributed by atoms with E-state index in [2.05, 4.69) is 5.32 Å². The Morgan fingerprint density at radius 3 is 3.07 bits per heavy atom. The molecule has 2 atom stereocenters. The monoisotopic (exact) mass is 197 g/mol. The third-order valence-corrected chi connectivity index (χ3v) is 3.91. The molecule has 0 radical (unpaired) electrons. The topological polar surface area (TPSA) is 38.3 Å². The van der Waals surface area contributed by atoms with Gasteiger partial charge in [0.25, 0.3) is 0 Å². The summed E-state index contributed by atoms with van der Waals surface area (Å²) in [6, 6.07) is 0. The fraction of sp³-hybridized carbons (Fsp3) is 0.909. The lowest BCUT2D eigenvalue weighted by Crippen LogP contribution is -2.53. The van der Waals surface area contributed by atoms with Crippen molar-refractivity contribution in [3.63, 3.8) is 0 Å². The fourth-order valence-corrected chi connectivity index (χ4v) is 3.10. The van der Waals surface area contributed by atoms with Crippen LogP contribution in [0.25, 0.3) is 0 Å². The second-order valence-electron chi connectivity index (χ2n) is 4.56. The van der Waals surface area contributed by atoms with Gasteiger partial charge in [0.1, 0.15) is 0 Å². The largest absolute Gasteiger partial charge is 0.469 e. The molecular formula is C11H19NO2. The van der Waals surface area contributed by atoms with Gasteiger partial charge in [0.15, 0.2) is 0 Å². The highest BCUT2D eigenvalue weighted by molar-refractivity contribution is 5.77. The predicted molar refractivity (Wildman–Crippen MR) is 53.9 cm³/mol. The molecule has 2 aliphatic rings. The summed E-state index contributed by atoms with van der Waals surface area (Å²) >= 11 is 0. The zero-order valence-electron chi connectivity index (χ0n) is 8.84. The summed E-state index contributed by atoms with van der Waals surface area (Å²) in [5.74, 6) is 0.569. The van der Waals surface area contributed by atoms with Crippen molar-refractivity contribution in [2.45, 2.75) is 32.1 Å². The minimum absolute atomic E-state index is 0.00870. The van der Waals surface area contributed by atoms with Crippen LogP contribution >= 0.6 is 0 Å². The Hall–Kier alpha value is -0.570. The Bertz CT molecular complexity index is 215. The van der Waals surface area contributed by atoms with E-state index in [-0.39, 0.29) is 11.4 Å². The number of hydrogen-bond acceptors (Lipinski definition) is 3. The number of piperidine rings is 1. The SMILES string of the molecule is COC(=O)C12CCCCC1CCNC2. The summed E-state index contributed by atoms with van der Waals surface area (Å²) in [4.78, 5) is 11.9. The summed E-state index contributed by atoms with van der Waals surface area (Å²) in [7, 11) is 1.51. The van der Waals surface area contributed by atoms with Crippen LogP contribution in [0.2, 0.25) is 0 Å². The number of fused-ring (bicyclic) bond motifs is 1. The smallest absolute Gasteiger partial charge is 0.313 e. The van der Waals surface area contributed by atoms with E-state index in [0.717, 1.165) is 25.9 Å². The minimum atomic E-state index is -0.189. The molecule has 1 aliphatic carbocycles. The number of methoxy groups -OCH3 is 1. The first-order valence-electron chi connectivity index (χ1n) is 5.59. The summed E-state index contributed by atoms with van der Waals surface area (Å²) in [5.41, 5.74) is -0.189. The van der Waals surface area contributed by atoms with Gasteiger partial charge in [0.2, 0.25) is 0 Å². The van der Waals surface area contributed by atoms with Crippen molar-refractivity contribution in [2.24, 2.45) is 11.3 Å². The molecule has 0 aromatic rings. The number of esters is 1. The van der Waals surface area contributed by atoms with E-state index in [1.807, 2.05) is 0 Å². The van der Waals surface area contributed by atoms with Crippen LogP contribution in [0.4, 0.5) is 0 Å². The average Bonchev–Trinajstić information content (AvgIpc) is 2.28. The third kappa shape index (κ3) is 1.44. The summed E-state index contributed by atoms with van der Waals surface area (Å²) in [6.07, 6.45) is 5.81. The van der Waals surface area contributed by atoms with Gasteiger partial charge in [0, 0.05) is 6.54 Å². The minimum Gasteiger partial charge on any atom is -0.469 e. The standard InChI is InChI=1S/C11H19NO2/c1-14-10(13)11-6-3-2-4-9(11)5-7-12-8-11/h9,12H,2-8H2,1H3. The molecule has 1 aliphatic heterocycles. The van der Waals surface area contributed by atoms with Gasteiger partial charge in [-0.2, -0.15) is 0 Å². The normalized spacial score (nSPS) is 37.4. The van der Waals surface area contributed by atoms with Crippen LogP contribution in [0, 0.1) is 11.3 Å². The molecule has 3 heteroatoms. The van der Waals surface area contributed by atoms with Crippen LogP contribution in [0.3, 0.4) is 0 Å². The van der Waals surface area contributed by atoms with E-state index in [1.54, 1.807) is 0 Å². The van der Waals surface area contributed by atoms with Gasteiger partial charge in [-0.15, -0.1) is 0 Å². The lowest BCUT2D eigenvalue weighted by molar-refractivity contribution is -0.160. The molecule has 0 amide bonds. The Kier molecular flexibility index (Phi) is 2.77. The molecule has 2 rings (SSSR count). The van der Waals surface area contributed by atoms with Crippen molar-refractivity contribution >= 4 is 5.97 Å². The predicted octanol–water partition coefficient (Wildman–Crippen LogP) is 1.33. The van der Waals surface area contributed by atoms with E-state index in [4.69, 9.17) is 4.74 Å². The summed E-state index contributed by atoms with van der Waals surface area (Å²) in [6.45, 7) is 1.88. The lowest BCUT2D eigenvalue weighted by atomic mass is 9.63.